The van der Waals surface area contributed by atoms with Crippen LogP contribution in [-0.2, 0) is 6.54 Å². The van der Waals surface area contributed by atoms with E-state index in [0.29, 0.717) is 5.41 Å². The van der Waals surface area contributed by atoms with Gasteiger partial charge in [0.2, 0.25) is 0 Å². The van der Waals surface area contributed by atoms with Crippen LogP contribution in [0.2, 0.25) is 0 Å². The lowest BCUT2D eigenvalue weighted by Gasteiger charge is -2.33. The van der Waals surface area contributed by atoms with E-state index in [1.807, 2.05) is 29.8 Å². The number of rotatable bonds is 3. The van der Waals surface area contributed by atoms with E-state index in [0.717, 1.165) is 29.2 Å². The van der Waals surface area contributed by atoms with E-state index in [2.05, 4.69) is 22.4 Å². The first-order valence-electron chi connectivity index (χ1n) is 7.70. The predicted molar refractivity (Wildman–Crippen MR) is 83.6 cm³/mol. The Bertz CT molecular complexity index is 625. The van der Waals surface area contributed by atoms with Gasteiger partial charge >= 0.3 is 0 Å². The van der Waals surface area contributed by atoms with Gasteiger partial charge in [0.05, 0.1) is 6.54 Å². The molecule has 0 spiro atoms. The lowest BCUT2D eigenvalue weighted by Crippen LogP contribution is -2.27. The molecule has 0 unspecified atom stereocenters. The maximum absolute atomic E-state index is 5.83. The van der Waals surface area contributed by atoms with Gasteiger partial charge < -0.3 is 5.73 Å². The highest BCUT2D eigenvalue weighted by atomic mass is 15.5. The quantitative estimate of drug-likeness (QED) is 0.879. The monoisotopic (exact) mass is 285 g/mol. The van der Waals surface area contributed by atoms with Gasteiger partial charge in [0.1, 0.15) is 0 Å². The third-order valence-electron chi connectivity index (χ3n) is 4.62. The molecule has 1 fully saturated rings. The molecule has 0 saturated heterocycles. The Morgan fingerprint density at radius 3 is 2.71 bits per heavy atom. The summed E-state index contributed by atoms with van der Waals surface area (Å²) in [5.74, 6) is 0.847. The van der Waals surface area contributed by atoms with Gasteiger partial charge in [-0.1, -0.05) is 26.2 Å². The van der Waals surface area contributed by atoms with Gasteiger partial charge in [-0.2, -0.15) is 0 Å². The van der Waals surface area contributed by atoms with Crippen molar-refractivity contribution >= 4 is 5.69 Å². The summed E-state index contributed by atoms with van der Waals surface area (Å²) in [5, 5.41) is 12.3. The van der Waals surface area contributed by atoms with Crippen LogP contribution in [0.1, 0.15) is 44.6 Å². The highest BCUT2D eigenvalue weighted by molar-refractivity contribution is 5.63. The minimum absolute atomic E-state index is 0.310. The molecule has 5 heteroatoms. The van der Waals surface area contributed by atoms with Crippen LogP contribution in [0.4, 0.5) is 5.69 Å². The molecule has 0 radical (unpaired) electrons. The van der Waals surface area contributed by atoms with E-state index < -0.39 is 0 Å². The normalized spacial score (nSPS) is 17.8. The van der Waals surface area contributed by atoms with Gasteiger partial charge in [0.25, 0.3) is 0 Å². The molecule has 112 valence electrons. The van der Waals surface area contributed by atoms with Gasteiger partial charge in [0, 0.05) is 11.3 Å². The van der Waals surface area contributed by atoms with Crippen molar-refractivity contribution in [2.75, 3.05) is 5.73 Å². The number of nitrogens with zero attached hydrogens (tertiary/aromatic N) is 4. The second-order valence-corrected chi connectivity index (χ2v) is 6.61. The Balaban J connectivity index is 1.90. The summed E-state index contributed by atoms with van der Waals surface area (Å²) in [6.07, 6.45) is 6.50. The molecule has 1 heterocycles. The molecule has 3 rings (SSSR count). The van der Waals surface area contributed by atoms with Crippen LogP contribution in [0.15, 0.2) is 18.2 Å². The number of nitrogen functional groups attached to an aromatic ring is 1. The van der Waals surface area contributed by atoms with Gasteiger partial charge in [-0.3, -0.25) is 0 Å². The van der Waals surface area contributed by atoms with Crippen LogP contribution in [0.5, 0.6) is 0 Å². The number of aromatic nitrogens is 4. The number of benzene rings is 1. The van der Waals surface area contributed by atoms with Crippen LogP contribution in [-0.4, -0.2) is 20.2 Å². The zero-order valence-corrected chi connectivity index (χ0v) is 12.8. The first-order chi connectivity index (χ1) is 10.1. The van der Waals surface area contributed by atoms with Gasteiger partial charge in [-0.15, -0.1) is 5.10 Å². The molecule has 2 aromatic rings. The molecule has 2 N–H and O–H groups in total. The van der Waals surface area contributed by atoms with Crippen LogP contribution in [0, 0.1) is 12.3 Å². The fraction of sp³-hybridized carbons (Fsp3) is 0.562. The summed E-state index contributed by atoms with van der Waals surface area (Å²) in [5.41, 5.74) is 9.09. The predicted octanol–water partition coefficient (Wildman–Crippen LogP) is 3.20. The second kappa shape index (κ2) is 5.47. The molecule has 1 saturated carbocycles. The van der Waals surface area contributed by atoms with Crippen molar-refractivity contribution in [2.45, 2.75) is 52.5 Å². The van der Waals surface area contributed by atoms with E-state index in [4.69, 9.17) is 5.73 Å². The smallest absolute Gasteiger partial charge is 0.182 e. The van der Waals surface area contributed by atoms with E-state index in [-0.39, 0.29) is 0 Å². The summed E-state index contributed by atoms with van der Waals surface area (Å²) in [4.78, 5) is 0. The SMILES string of the molecule is Cc1cc(N)ccc1-c1nnnn1CC1(C)CCCCC1. The Morgan fingerprint density at radius 1 is 1.24 bits per heavy atom. The first-order valence-corrected chi connectivity index (χ1v) is 7.70. The van der Waals surface area contributed by atoms with Gasteiger partial charge in [0.15, 0.2) is 5.82 Å². The van der Waals surface area contributed by atoms with Crippen LogP contribution in [0.25, 0.3) is 11.4 Å². The number of aryl methyl sites for hydroxylation is 1. The third kappa shape index (κ3) is 2.91. The number of nitrogens with two attached hydrogens (primary N) is 1. The maximum Gasteiger partial charge on any atom is 0.182 e. The molecule has 0 bridgehead atoms. The highest BCUT2D eigenvalue weighted by Gasteiger charge is 2.29. The molecule has 0 amide bonds. The number of anilines is 1. The van der Waals surface area contributed by atoms with Crippen molar-refractivity contribution in [3.8, 4) is 11.4 Å². The van der Waals surface area contributed by atoms with E-state index in [1.165, 1.54) is 32.1 Å². The van der Waals surface area contributed by atoms with Crippen molar-refractivity contribution in [3.05, 3.63) is 23.8 Å². The summed E-state index contributed by atoms with van der Waals surface area (Å²) in [6.45, 7) is 5.29. The largest absolute Gasteiger partial charge is 0.399 e. The van der Waals surface area contributed by atoms with Crippen molar-refractivity contribution in [2.24, 2.45) is 5.41 Å². The van der Waals surface area contributed by atoms with Crippen molar-refractivity contribution in [1.29, 1.82) is 0 Å². The molecule has 1 aliphatic rings. The zero-order valence-electron chi connectivity index (χ0n) is 12.8. The molecule has 21 heavy (non-hydrogen) atoms. The number of hydrogen-bond acceptors (Lipinski definition) is 4. The fourth-order valence-corrected chi connectivity index (χ4v) is 3.37. The molecule has 0 atom stereocenters. The lowest BCUT2D eigenvalue weighted by atomic mass is 9.76. The standard InChI is InChI=1S/C16H23N5/c1-12-10-13(17)6-7-14(12)15-18-19-20-21(15)11-16(2)8-4-3-5-9-16/h6-7,10H,3-5,8-9,11,17H2,1-2H3. The fourth-order valence-electron chi connectivity index (χ4n) is 3.37. The highest BCUT2D eigenvalue weighted by Crippen LogP contribution is 2.37. The van der Waals surface area contributed by atoms with Crippen LogP contribution in [0.3, 0.4) is 0 Å². The van der Waals surface area contributed by atoms with E-state index >= 15 is 0 Å². The zero-order chi connectivity index (χ0) is 14.9. The molecule has 5 nitrogen and oxygen atoms in total. The molecule has 0 aliphatic heterocycles. The number of hydrogen-bond donors (Lipinski definition) is 1. The average Bonchev–Trinajstić information content (AvgIpc) is 2.87. The maximum atomic E-state index is 5.83. The summed E-state index contributed by atoms with van der Waals surface area (Å²) in [6, 6.07) is 5.89. The Kier molecular flexibility index (Phi) is 3.66. The lowest BCUT2D eigenvalue weighted by molar-refractivity contribution is 0.175. The third-order valence-corrected chi connectivity index (χ3v) is 4.62. The van der Waals surface area contributed by atoms with Crippen molar-refractivity contribution in [3.63, 3.8) is 0 Å². The Labute approximate surface area is 125 Å². The van der Waals surface area contributed by atoms with E-state index in [1.54, 1.807) is 0 Å². The molecule has 1 aromatic heterocycles. The number of tetrazole rings is 1. The average molecular weight is 285 g/mol. The Morgan fingerprint density at radius 2 is 2.00 bits per heavy atom. The molecule has 1 aromatic carbocycles. The molecular formula is C16H23N5. The topological polar surface area (TPSA) is 69.6 Å². The molecular weight excluding hydrogens is 262 g/mol. The summed E-state index contributed by atoms with van der Waals surface area (Å²) < 4.78 is 1.96. The van der Waals surface area contributed by atoms with Crippen LogP contribution >= 0.6 is 0 Å². The first kappa shape index (κ1) is 14.0. The Hall–Kier alpha value is -1.91. The van der Waals surface area contributed by atoms with Crippen molar-refractivity contribution in [1.82, 2.24) is 20.2 Å². The van der Waals surface area contributed by atoms with Gasteiger partial charge in [-0.25, -0.2) is 4.68 Å². The van der Waals surface area contributed by atoms with Gasteiger partial charge in [-0.05, 0) is 59.4 Å². The minimum atomic E-state index is 0.310. The second-order valence-electron chi connectivity index (χ2n) is 6.61. The van der Waals surface area contributed by atoms with E-state index in [9.17, 15) is 0 Å². The van der Waals surface area contributed by atoms with Crippen LogP contribution < -0.4 is 5.73 Å². The molecule has 1 aliphatic carbocycles. The summed E-state index contributed by atoms with van der Waals surface area (Å²) >= 11 is 0. The van der Waals surface area contributed by atoms with Crippen molar-refractivity contribution < 1.29 is 0 Å². The summed E-state index contributed by atoms with van der Waals surface area (Å²) in [7, 11) is 0. The minimum Gasteiger partial charge on any atom is -0.399 e.